The summed E-state index contributed by atoms with van der Waals surface area (Å²) in [7, 11) is -3.81. The maximum Gasteiger partial charge on any atom is 0.276 e. The Kier molecular flexibility index (Phi) is 6.89. The van der Waals surface area contributed by atoms with E-state index in [0.29, 0.717) is 44.0 Å². The van der Waals surface area contributed by atoms with Crippen molar-refractivity contribution in [2.75, 3.05) is 56.2 Å². The molecule has 0 aliphatic carbocycles. The van der Waals surface area contributed by atoms with Gasteiger partial charge in [-0.2, -0.15) is 4.31 Å². The number of nitrogens with one attached hydrogen (secondary N) is 3. The van der Waals surface area contributed by atoms with Crippen LogP contribution >= 0.6 is 0 Å². The number of hydrogen-bond acceptors (Lipinski definition) is 8. The number of nitrogens with zero attached hydrogens (tertiary/aromatic N) is 2. The third-order valence-electron chi connectivity index (χ3n) is 6.64. The number of anilines is 2. The van der Waals surface area contributed by atoms with Crippen LogP contribution in [0, 0.1) is 5.92 Å². The van der Waals surface area contributed by atoms with E-state index in [1.807, 2.05) is 24.3 Å². The second-order valence-corrected chi connectivity index (χ2v) is 10.8. The number of morpholine rings is 1. The highest BCUT2D eigenvalue weighted by molar-refractivity contribution is 7.89. The first-order valence-corrected chi connectivity index (χ1v) is 13.3. The van der Waals surface area contributed by atoms with Crippen molar-refractivity contribution in [3.05, 3.63) is 42.2 Å². The van der Waals surface area contributed by atoms with Gasteiger partial charge in [0.1, 0.15) is 5.76 Å². The Bertz CT molecular complexity index is 1090. The van der Waals surface area contributed by atoms with Crippen LogP contribution in [0.15, 0.2) is 45.9 Å². The van der Waals surface area contributed by atoms with Crippen molar-refractivity contribution in [1.29, 1.82) is 0 Å². The highest BCUT2D eigenvalue weighted by Crippen LogP contribution is 2.29. The molecule has 0 bridgehead atoms. The van der Waals surface area contributed by atoms with Crippen LogP contribution in [-0.4, -0.2) is 64.6 Å². The molecular formula is C23H31N5O5S. The first kappa shape index (κ1) is 23.3. The highest BCUT2D eigenvalue weighted by Gasteiger charge is 2.35. The van der Waals surface area contributed by atoms with Gasteiger partial charge in [0.15, 0.2) is 0 Å². The van der Waals surface area contributed by atoms with Gasteiger partial charge in [-0.05, 0) is 55.7 Å². The van der Waals surface area contributed by atoms with Crippen LogP contribution < -0.4 is 21.1 Å². The van der Waals surface area contributed by atoms with Crippen molar-refractivity contribution in [1.82, 2.24) is 15.2 Å². The number of hydrogen-bond donors (Lipinski definition) is 3. The molecule has 0 spiro atoms. The molecule has 3 aliphatic heterocycles. The Morgan fingerprint density at radius 1 is 1.03 bits per heavy atom. The third-order valence-corrected chi connectivity index (χ3v) is 8.38. The number of ether oxygens (including phenoxy) is 1. The van der Waals surface area contributed by atoms with Crippen molar-refractivity contribution in [3.8, 4) is 0 Å². The van der Waals surface area contributed by atoms with Crippen LogP contribution in [0.2, 0.25) is 0 Å². The lowest BCUT2D eigenvalue weighted by molar-refractivity contribution is -0.120. The van der Waals surface area contributed by atoms with Crippen LogP contribution in [0.5, 0.6) is 0 Å². The minimum absolute atomic E-state index is 0.0431. The summed E-state index contributed by atoms with van der Waals surface area (Å²) in [5, 5.41) is 2.88. The molecule has 0 radical (unpaired) electrons. The van der Waals surface area contributed by atoms with Gasteiger partial charge in [0, 0.05) is 44.1 Å². The monoisotopic (exact) mass is 489 g/mol. The lowest BCUT2D eigenvalue weighted by atomic mass is 9.98. The lowest BCUT2D eigenvalue weighted by Gasteiger charge is -2.30. The van der Waals surface area contributed by atoms with Gasteiger partial charge in [-0.15, -0.1) is 0 Å². The molecule has 34 heavy (non-hydrogen) atoms. The van der Waals surface area contributed by atoms with Crippen LogP contribution in [0.4, 0.5) is 11.4 Å². The van der Waals surface area contributed by atoms with Gasteiger partial charge in [0.25, 0.3) is 10.0 Å². The zero-order valence-corrected chi connectivity index (χ0v) is 19.9. The second-order valence-electron chi connectivity index (χ2n) is 8.91. The lowest BCUT2D eigenvalue weighted by Crippen LogP contribution is -2.43. The zero-order chi connectivity index (χ0) is 23.5. The van der Waals surface area contributed by atoms with Gasteiger partial charge in [-0.3, -0.25) is 10.2 Å². The molecule has 0 saturated carbocycles. The minimum atomic E-state index is -3.81. The Morgan fingerprint density at radius 2 is 1.82 bits per heavy atom. The Hall–Kier alpha value is -2.44. The number of sulfonamides is 1. The number of amides is 1. The molecule has 4 heterocycles. The number of carbonyl (C=O) groups is 1. The Balaban J connectivity index is 1.21. The summed E-state index contributed by atoms with van der Waals surface area (Å²) in [6.07, 6.45) is 2.09. The second kappa shape index (κ2) is 10.0. The molecule has 1 amide bonds. The van der Waals surface area contributed by atoms with E-state index < -0.39 is 15.9 Å². The van der Waals surface area contributed by atoms with E-state index in [1.165, 1.54) is 10.4 Å². The summed E-state index contributed by atoms with van der Waals surface area (Å²) in [5.41, 5.74) is 7.89. The first-order valence-electron chi connectivity index (χ1n) is 11.8. The van der Waals surface area contributed by atoms with Crippen molar-refractivity contribution in [2.24, 2.45) is 5.92 Å². The van der Waals surface area contributed by atoms with E-state index in [4.69, 9.17) is 9.15 Å². The number of furan rings is 1. The molecule has 3 N–H and O–H groups in total. The Labute approximate surface area is 199 Å². The molecule has 5 rings (SSSR count). The molecule has 10 nitrogen and oxygen atoms in total. The molecule has 11 heteroatoms. The fourth-order valence-corrected chi connectivity index (χ4v) is 6.12. The molecule has 3 saturated heterocycles. The van der Waals surface area contributed by atoms with Gasteiger partial charge in [0.2, 0.25) is 11.0 Å². The van der Waals surface area contributed by atoms with E-state index in [1.54, 1.807) is 6.07 Å². The summed E-state index contributed by atoms with van der Waals surface area (Å²) in [6, 6.07) is 10.9. The van der Waals surface area contributed by atoms with Crippen molar-refractivity contribution < 1.29 is 22.4 Å². The van der Waals surface area contributed by atoms with E-state index in [9.17, 15) is 13.2 Å². The minimum Gasteiger partial charge on any atom is -0.447 e. The molecule has 3 aliphatic rings. The van der Waals surface area contributed by atoms with Gasteiger partial charge < -0.3 is 19.4 Å². The fraction of sp³-hybridized carbons (Fsp3) is 0.522. The molecule has 2 atom stereocenters. The van der Waals surface area contributed by atoms with Gasteiger partial charge in [-0.25, -0.2) is 13.8 Å². The molecule has 1 aromatic carbocycles. The molecule has 2 unspecified atom stereocenters. The molecule has 184 valence electrons. The van der Waals surface area contributed by atoms with Gasteiger partial charge in [-0.1, -0.05) is 0 Å². The zero-order valence-electron chi connectivity index (χ0n) is 19.0. The summed E-state index contributed by atoms with van der Waals surface area (Å²) < 4.78 is 38.8. The van der Waals surface area contributed by atoms with Gasteiger partial charge in [0.05, 0.1) is 25.2 Å². The predicted molar refractivity (Wildman–Crippen MR) is 127 cm³/mol. The Morgan fingerprint density at radius 3 is 2.56 bits per heavy atom. The standard InChI is InChI=1S/C23H31N5O5S/c29-23(25-18-3-5-19(6-4-18)27-12-14-32-15-13-27)17-2-1-11-28(16-17)34(30,31)22-8-7-21(33-22)20-9-10-24-26-20/h3-8,17,20,24,26H,1-2,9-16H2,(H,25,29). The predicted octanol–water partition coefficient (Wildman–Crippen LogP) is 1.69. The summed E-state index contributed by atoms with van der Waals surface area (Å²) in [4.78, 5) is 15.2. The number of carbonyl (C=O) groups excluding carboxylic acids is 1. The summed E-state index contributed by atoms with van der Waals surface area (Å²) >= 11 is 0. The summed E-state index contributed by atoms with van der Waals surface area (Å²) in [6.45, 7) is 4.44. The summed E-state index contributed by atoms with van der Waals surface area (Å²) in [5.74, 6) is 0.00775. The number of piperidine rings is 1. The maximum atomic E-state index is 13.2. The average molecular weight is 490 g/mol. The average Bonchev–Trinajstić information content (AvgIpc) is 3.58. The fourth-order valence-electron chi connectivity index (χ4n) is 4.68. The SMILES string of the molecule is O=C(Nc1ccc(N2CCOCC2)cc1)C1CCCN(S(=O)(=O)c2ccc(C3CCNN3)o2)C1. The third kappa shape index (κ3) is 4.98. The number of hydrazine groups is 1. The van der Waals surface area contributed by atoms with Crippen LogP contribution in [0.25, 0.3) is 0 Å². The van der Waals surface area contributed by atoms with E-state index in [2.05, 4.69) is 21.1 Å². The number of benzene rings is 1. The maximum absolute atomic E-state index is 13.2. The molecular weight excluding hydrogens is 458 g/mol. The van der Waals surface area contributed by atoms with Crippen LogP contribution in [-0.2, 0) is 19.6 Å². The van der Waals surface area contributed by atoms with Crippen molar-refractivity contribution in [3.63, 3.8) is 0 Å². The highest BCUT2D eigenvalue weighted by atomic mass is 32.2. The van der Waals surface area contributed by atoms with Crippen LogP contribution in [0.3, 0.4) is 0 Å². The normalized spacial score (nSPS) is 24.3. The molecule has 1 aromatic heterocycles. The molecule has 3 fully saturated rings. The first-order chi connectivity index (χ1) is 16.5. The topological polar surface area (TPSA) is 116 Å². The van der Waals surface area contributed by atoms with E-state index in [0.717, 1.165) is 31.7 Å². The largest absolute Gasteiger partial charge is 0.447 e. The van der Waals surface area contributed by atoms with E-state index >= 15 is 0 Å². The number of rotatable bonds is 6. The van der Waals surface area contributed by atoms with E-state index in [-0.39, 0.29) is 23.6 Å². The molecule has 2 aromatic rings. The van der Waals surface area contributed by atoms with Gasteiger partial charge >= 0.3 is 0 Å². The smallest absolute Gasteiger partial charge is 0.276 e. The van der Waals surface area contributed by atoms with Crippen molar-refractivity contribution in [2.45, 2.75) is 30.4 Å². The quantitative estimate of drug-likeness (QED) is 0.562. The van der Waals surface area contributed by atoms with Crippen molar-refractivity contribution >= 4 is 27.3 Å². The van der Waals surface area contributed by atoms with Crippen LogP contribution in [0.1, 0.15) is 31.1 Å².